The molecule has 0 aromatic heterocycles. The molecule has 5 fully saturated rings. The lowest BCUT2D eigenvalue weighted by atomic mass is 9.43. The van der Waals surface area contributed by atoms with Crippen molar-refractivity contribution in [1.82, 2.24) is 0 Å². The van der Waals surface area contributed by atoms with Crippen LogP contribution in [0.15, 0.2) is 60.7 Å². The van der Waals surface area contributed by atoms with Crippen molar-refractivity contribution in [3.63, 3.8) is 0 Å². The van der Waals surface area contributed by atoms with Crippen LogP contribution in [0.2, 0.25) is 0 Å². The van der Waals surface area contributed by atoms with Crippen molar-refractivity contribution >= 4 is 42.6 Å². The minimum atomic E-state index is -1.48. The van der Waals surface area contributed by atoms with E-state index in [-0.39, 0.29) is 66.7 Å². The molecule has 5 aliphatic rings. The molecule has 2 bridgehead atoms. The Kier molecular flexibility index (Phi) is 15.6. The Morgan fingerprint density at radius 2 is 1.56 bits per heavy atom. The average molecular weight is 921 g/mol. The zero-order valence-electron chi connectivity index (χ0n) is 35.5. The van der Waals surface area contributed by atoms with E-state index in [9.17, 15) is 24.6 Å². The highest BCUT2D eigenvalue weighted by molar-refractivity contribution is 7.90. The molecular weight excluding hydrogens is 865 g/mol. The van der Waals surface area contributed by atoms with Crippen LogP contribution in [0, 0.1) is 47.3 Å². The molecule has 7 rings (SSSR count). The number of fused-ring (bicyclic) bond motifs is 3. The number of aryl methyl sites for hydroxylation is 1. The van der Waals surface area contributed by atoms with Gasteiger partial charge in [0.2, 0.25) is 0 Å². The zero-order valence-corrected chi connectivity index (χ0v) is 37.2. The number of aliphatic hydroxyl groups is 1. The molecular formula is C44H56O17S2. The normalized spacial score (nSPS) is 34.9. The van der Waals surface area contributed by atoms with Crippen LogP contribution in [0.5, 0.6) is 0 Å². The number of aliphatic carboxylic acids is 1. The minimum Gasteiger partial charge on any atom is -0.481 e. The highest BCUT2D eigenvalue weighted by Crippen LogP contribution is 2.70. The number of ether oxygens (including phenoxy) is 4. The van der Waals surface area contributed by atoms with Crippen molar-refractivity contribution in [2.45, 2.75) is 122 Å². The van der Waals surface area contributed by atoms with Gasteiger partial charge in [0.15, 0.2) is 37.0 Å². The van der Waals surface area contributed by atoms with E-state index >= 15 is 0 Å². The molecule has 63 heavy (non-hydrogen) atoms. The molecule has 0 amide bonds. The van der Waals surface area contributed by atoms with Gasteiger partial charge in [-0.1, -0.05) is 79.4 Å². The van der Waals surface area contributed by atoms with E-state index < -0.39 is 84.2 Å². The number of carboxylic acids is 1. The number of benzene rings is 2. The lowest BCUT2D eigenvalue weighted by molar-refractivity contribution is -0.436. The summed E-state index contributed by atoms with van der Waals surface area (Å²) in [5.74, 6) is -3.25. The first kappa shape index (κ1) is 47.8. The van der Waals surface area contributed by atoms with Crippen LogP contribution in [-0.4, -0.2) is 88.2 Å². The monoisotopic (exact) mass is 920 g/mol. The number of aliphatic hydroxyl groups excluding tert-OH is 1. The molecule has 0 radical (unpaired) electrons. The predicted molar refractivity (Wildman–Crippen MR) is 224 cm³/mol. The Bertz CT molecular complexity index is 1920. The van der Waals surface area contributed by atoms with Crippen molar-refractivity contribution in [3.05, 3.63) is 71.8 Å². The Balaban J connectivity index is 1.19. The number of esters is 2. The second-order valence-electron chi connectivity index (χ2n) is 18.2. The Morgan fingerprint density at radius 3 is 2.19 bits per heavy atom. The van der Waals surface area contributed by atoms with E-state index in [4.69, 9.17) is 37.8 Å². The molecule has 2 aromatic rings. The van der Waals surface area contributed by atoms with Crippen LogP contribution >= 0.6 is 24.6 Å². The fourth-order valence-electron chi connectivity index (χ4n) is 11.5. The molecule has 1 aliphatic heterocycles. The summed E-state index contributed by atoms with van der Waals surface area (Å²) in [6.07, 6.45) is -4.19. The van der Waals surface area contributed by atoms with Crippen LogP contribution in [-0.2, 0) is 55.6 Å². The Morgan fingerprint density at radius 1 is 0.905 bits per heavy atom. The number of rotatable bonds is 18. The third-order valence-electron chi connectivity index (χ3n) is 14.2. The molecule has 1 spiro atoms. The van der Waals surface area contributed by atoms with Gasteiger partial charge in [0, 0.05) is 11.8 Å². The van der Waals surface area contributed by atoms with Crippen molar-refractivity contribution in [1.29, 1.82) is 0 Å². The second-order valence-corrected chi connectivity index (χ2v) is 19.1. The van der Waals surface area contributed by atoms with Crippen LogP contribution in [0.3, 0.4) is 0 Å². The number of hydrogen-bond donors (Lipinski definition) is 4. The summed E-state index contributed by atoms with van der Waals surface area (Å²) >= 11 is 0.315. The van der Waals surface area contributed by atoms with Crippen molar-refractivity contribution < 1.29 is 81.2 Å². The maximum absolute atomic E-state index is 13.6. The molecule has 13 atom stereocenters. The summed E-state index contributed by atoms with van der Waals surface area (Å²) in [5.41, 5.74) is 3.05. The van der Waals surface area contributed by atoms with Gasteiger partial charge in [0.05, 0.1) is 23.7 Å². The summed E-state index contributed by atoms with van der Waals surface area (Å²) in [5, 5.41) is 47.8. The molecule has 4 aliphatic carbocycles. The number of carbonyl (C=O) groups excluding carboxylic acids is 2. The summed E-state index contributed by atoms with van der Waals surface area (Å²) in [4.78, 5) is 40.1. The maximum Gasteiger partial charge on any atom is 0.338 e. The average Bonchev–Trinajstić information content (AvgIpc) is 3.42. The molecule has 346 valence electrons. The zero-order chi connectivity index (χ0) is 45.1. The van der Waals surface area contributed by atoms with Gasteiger partial charge >= 0.3 is 17.9 Å². The Labute approximate surface area is 374 Å². The predicted octanol–water partition coefficient (Wildman–Crippen LogP) is 7.87. The number of carbonyl (C=O) groups is 3. The molecule has 2 aromatic carbocycles. The topological polar surface area (TPSA) is 224 Å². The van der Waals surface area contributed by atoms with Gasteiger partial charge in [-0.3, -0.25) is 18.0 Å². The summed E-state index contributed by atoms with van der Waals surface area (Å²) in [6, 6.07) is 14.8. The fraction of sp³-hybridized carbons (Fsp3) is 0.614. The highest BCUT2D eigenvalue weighted by Gasteiger charge is 2.67. The first-order chi connectivity index (χ1) is 30.2. The fourth-order valence-corrected chi connectivity index (χ4v) is 12.2. The van der Waals surface area contributed by atoms with E-state index in [0.717, 1.165) is 41.5 Å². The second kappa shape index (κ2) is 20.6. The molecule has 4 saturated carbocycles. The lowest BCUT2D eigenvalue weighted by Crippen LogP contribution is -2.63. The number of hydrogen-bond acceptors (Lipinski definition) is 18. The van der Waals surface area contributed by atoms with Crippen LogP contribution in [0.4, 0.5) is 0 Å². The van der Waals surface area contributed by atoms with Gasteiger partial charge in [0.25, 0.3) is 0 Å². The first-order valence-electron chi connectivity index (χ1n) is 21.2. The Hall–Kier alpha value is -3.15. The highest BCUT2D eigenvalue weighted by atomic mass is 32.2. The molecule has 4 N–H and O–H groups in total. The van der Waals surface area contributed by atoms with Gasteiger partial charge in [-0.05, 0) is 110 Å². The summed E-state index contributed by atoms with van der Waals surface area (Å²) < 4.78 is 45.9. The summed E-state index contributed by atoms with van der Waals surface area (Å²) in [7, 11) is 0. The quantitative estimate of drug-likeness (QED) is 0.0212. The third kappa shape index (κ3) is 10.2. The van der Waals surface area contributed by atoms with Gasteiger partial charge in [-0.25, -0.2) is 15.3 Å². The van der Waals surface area contributed by atoms with Crippen molar-refractivity contribution in [3.8, 4) is 11.1 Å². The SMILES string of the molecule is C=C1C2CCC3C4(C)CC(O[C@@H]5O[C@@H](COC(=O)c6ccc(-c7ccc(C)cc7)cc6)[C@@H](OSOOO)[C@H](OSOOO)C5OC(=O)CC(C)C)CC(C(=O)O)C4CCC3(C2)[C@H]1O. The molecule has 1 saturated heterocycles. The standard InChI is InChI=1S/C44H56O17S2/c1-23(2)18-35(45)55-38-37(57-63-61-59-51)36(56-62-60-58-50)33(22-52-41(49)28-12-10-27(11-13-28)26-8-6-24(3)7-9-26)54-42(38)53-30-19-31(40(47)48)32-16-17-44-20-29(25(4)39(44)46)14-15-34(44)43(32,5)21-30/h6-13,23,29-34,36-39,42,46,50-51H,4,14-22H2,1-3,5H3,(H,47,48)/t29?,30?,31?,32?,33-,34?,36+,37-,38?,39-,42+,43?,44?/m0/s1. The van der Waals surface area contributed by atoms with Crippen molar-refractivity contribution in [2.24, 2.45) is 40.4 Å². The van der Waals surface area contributed by atoms with E-state index in [0.29, 0.717) is 19.3 Å². The van der Waals surface area contributed by atoms with E-state index in [1.807, 2.05) is 45.0 Å². The van der Waals surface area contributed by atoms with Crippen LogP contribution in [0.25, 0.3) is 11.1 Å². The minimum absolute atomic E-state index is 0.0146. The molecule has 17 nitrogen and oxygen atoms in total. The van der Waals surface area contributed by atoms with Gasteiger partial charge in [-0.15, -0.1) is 8.67 Å². The molecule has 8 unspecified atom stereocenters. The van der Waals surface area contributed by atoms with Gasteiger partial charge < -0.3 is 29.2 Å². The maximum atomic E-state index is 13.6. The number of carboxylic acid groups (broad SMARTS) is 1. The first-order valence-corrected chi connectivity index (χ1v) is 22.6. The molecule has 19 heteroatoms. The molecule has 1 heterocycles. The van der Waals surface area contributed by atoms with Crippen LogP contribution < -0.4 is 0 Å². The van der Waals surface area contributed by atoms with Gasteiger partial charge in [0.1, 0.15) is 24.9 Å². The van der Waals surface area contributed by atoms with Crippen molar-refractivity contribution in [2.75, 3.05) is 6.61 Å². The summed E-state index contributed by atoms with van der Waals surface area (Å²) in [6.45, 7) is 11.5. The largest absolute Gasteiger partial charge is 0.481 e. The third-order valence-corrected chi connectivity index (χ3v) is 15.0. The lowest BCUT2D eigenvalue weighted by Gasteiger charge is -2.62. The van der Waals surface area contributed by atoms with E-state index in [1.54, 1.807) is 24.3 Å². The van der Waals surface area contributed by atoms with Gasteiger partial charge in [-0.2, -0.15) is 0 Å². The van der Waals surface area contributed by atoms with E-state index in [1.165, 1.54) is 0 Å². The smallest absolute Gasteiger partial charge is 0.338 e. The van der Waals surface area contributed by atoms with Crippen LogP contribution in [0.1, 0.15) is 88.1 Å². The van der Waals surface area contributed by atoms with E-state index in [2.05, 4.69) is 32.2 Å².